The number of pyridine rings is 1. The molecule has 0 aliphatic heterocycles. The van der Waals surface area contributed by atoms with E-state index in [-0.39, 0.29) is 0 Å². The summed E-state index contributed by atoms with van der Waals surface area (Å²) in [6.45, 7) is 3.34. The summed E-state index contributed by atoms with van der Waals surface area (Å²) in [5.41, 5.74) is 3.09. The van der Waals surface area contributed by atoms with Crippen LogP contribution in [0.3, 0.4) is 0 Å². The minimum atomic E-state index is 0.592. The van der Waals surface area contributed by atoms with Gasteiger partial charge in [0.25, 0.3) is 0 Å². The molecule has 0 atom stereocenters. The van der Waals surface area contributed by atoms with Crippen LogP contribution in [0.25, 0.3) is 0 Å². The van der Waals surface area contributed by atoms with Gasteiger partial charge in [0.2, 0.25) is 5.95 Å². The minimum Gasteiger partial charge on any atom is -0.370 e. The van der Waals surface area contributed by atoms with Crippen molar-refractivity contribution in [2.24, 2.45) is 0 Å². The fourth-order valence-electron chi connectivity index (χ4n) is 2.40. The number of aryl methyl sites for hydroxylation is 1. The molecule has 6 heteroatoms. The van der Waals surface area contributed by atoms with E-state index in [1.54, 1.807) is 6.20 Å². The summed E-state index contributed by atoms with van der Waals surface area (Å²) in [5, 5.41) is 7.32. The lowest BCUT2D eigenvalue weighted by Crippen LogP contribution is -2.10. The van der Waals surface area contributed by atoms with Gasteiger partial charge in [-0.1, -0.05) is 29.8 Å². The molecular weight excluding hydrogens is 334 g/mol. The molecule has 0 aliphatic carbocycles. The zero-order valence-corrected chi connectivity index (χ0v) is 14.8. The molecule has 0 saturated heterocycles. The van der Waals surface area contributed by atoms with Gasteiger partial charge in [0.05, 0.1) is 12.2 Å². The third-order valence-electron chi connectivity index (χ3n) is 3.64. The van der Waals surface area contributed by atoms with Crippen molar-refractivity contribution in [3.05, 3.63) is 76.7 Å². The summed E-state index contributed by atoms with van der Waals surface area (Å²) in [6, 6.07) is 15.7. The molecule has 0 spiro atoms. The summed E-state index contributed by atoms with van der Waals surface area (Å²) in [4.78, 5) is 13.2. The summed E-state index contributed by atoms with van der Waals surface area (Å²) in [7, 11) is 0. The summed E-state index contributed by atoms with van der Waals surface area (Å²) in [6.07, 6.45) is 2.68. The maximum absolute atomic E-state index is 5.91. The highest BCUT2D eigenvalue weighted by atomic mass is 35.5. The molecule has 0 radical (unpaired) electrons. The Labute approximate surface area is 152 Å². The van der Waals surface area contributed by atoms with Crippen LogP contribution in [-0.4, -0.2) is 21.5 Å². The van der Waals surface area contributed by atoms with Crippen molar-refractivity contribution in [1.82, 2.24) is 15.0 Å². The van der Waals surface area contributed by atoms with Gasteiger partial charge < -0.3 is 10.6 Å². The predicted octanol–water partition coefficient (Wildman–Crippen LogP) is 4.10. The number of nitrogens with one attached hydrogen (secondary N) is 2. The van der Waals surface area contributed by atoms with Gasteiger partial charge in [-0.05, 0) is 43.2 Å². The maximum atomic E-state index is 5.91. The van der Waals surface area contributed by atoms with Crippen molar-refractivity contribution >= 4 is 23.4 Å². The Hall–Kier alpha value is -2.66. The molecule has 3 rings (SSSR count). The molecule has 0 unspecified atom stereocenters. The van der Waals surface area contributed by atoms with Crippen LogP contribution >= 0.6 is 11.6 Å². The zero-order chi connectivity index (χ0) is 17.5. The molecular formula is C19H20ClN5. The number of hydrogen-bond donors (Lipinski definition) is 2. The van der Waals surface area contributed by atoms with Crippen molar-refractivity contribution in [3.8, 4) is 0 Å². The highest BCUT2D eigenvalue weighted by molar-refractivity contribution is 6.30. The number of aromatic nitrogens is 3. The average molecular weight is 354 g/mol. The van der Waals surface area contributed by atoms with Crippen molar-refractivity contribution in [2.45, 2.75) is 19.9 Å². The highest BCUT2D eigenvalue weighted by Crippen LogP contribution is 2.12. The first-order valence-electron chi connectivity index (χ1n) is 8.17. The van der Waals surface area contributed by atoms with E-state index >= 15 is 0 Å². The molecule has 25 heavy (non-hydrogen) atoms. The van der Waals surface area contributed by atoms with Crippen LogP contribution in [-0.2, 0) is 13.0 Å². The minimum absolute atomic E-state index is 0.592. The molecule has 3 aromatic rings. The normalized spacial score (nSPS) is 10.5. The van der Waals surface area contributed by atoms with Gasteiger partial charge in [-0.3, -0.25) is 4.98 Å². The fraction of sp³-hybridized carbons (Fsp3) is 0.211. The van der Waals surface area contributed by atoms with Gasteiger partial charge in [-0.15, -0.1) is 0 Å². The third kappa shape index (κ3) is 5.43. The largest absolute Gasteiger partial charge is 0.370 e. The third-order valence-corrected chi connectivity index (χ3v) is 3.89. The van der Waals surface area contributed by atoms with Crippen molar-refractivity contribution in [1.29, 1.82) is 0 Å². The molecule has 2 heterocycles. The second-order valence-electron chi connectivity index (χ2n) is 5.70. The number of nitrogens with zero attached hydrogens (tertiary/aromatic N) is 3. The van der Waals surface area contributed by atoms with Crippen molar-refractivity contribution < 1.29 is 0 Å². The number of halogens is 1. The van der Waals surface area contributed by atoms with Crippen LogP contribution < -0.4 is 10.6 Å². The van der Waals surface area contributed by atoms with E-state index in [0.29, 0.717) is 12.5 Å². The first-order chi connectivity index (χ1) is 12.2. The van der Waals surface area contributed by atoms with Crippen LogP contribution in [0.15, 0.2) is 54.7 Å². The first kappa shape index (κ1) is 17.2. The van der Waals surface area contributed by atoms with Gasteiger partial charge >= 0.3 is 0 Å². The van der Waals surface area contributed by atoms with E-state index in [0.717, 1.165) is 35.2 Å². The molecule has 0 aliphatic rings. The quantitative estimate of drug-likeness (QED) is 0.669. The molecule has 5 nitrogen and oxygen atoms in total. The lowest BCUT2D eigenvalue weighted by molar-refractivity contribution is 0.968. The topological polar surface area (TPSA) is 62.7 Å². The lowest BCUT2D eigenvalue weighted by Gasteiger charge is -2.10. The van der Waals surface area contributed by atoms with Gasteiger partial charge in [0.15, 0.2) is 0 Å². The first-order valence-corrected chi connectivity index (χ1v) is 8.54. The number of hydrogen-bond acceptors (Lipinski definition) is 5. The fourth-order valence-corrected chi connectivity index (χ4v) is 2.52. The van der Waals surface area contributed by atoms with E-state index in [2.05, 4.69) is 25.6 Å². The van der Waals surface area contributed by atoms with Crippen LogP contribution in [0.1, 0.15) is 17.0 Å². The van der Waals surface area contributed by atoms with Crippen molar-refractivity contribution in [2.75, 3.05) is 17.2 Å². The Morgan fingerprint density at radius 2 is 1.84 bits per heavy atom. The van der Waals surface area contributed by atoms with E-state index in [4.69, 9.17) is 11.6 Å². The Balaban J connectivity index is 1.56. The molecule has 2 N–H and O–H groups in total. The standard InChI is InChI=1S/C19H20ClN5/c1-14-12-18(22-11-9-15-5-7-16(20)8-6-15)25-19(24-14)23-13-17-4-2-3-10-21-17/h2-8,10,12H,9,11,13H2,1H3,(H2,22,23,24,25). The predicted molar refractivity (Wildman–Crippen MR) is 102 cm³/mol. The smallest absolute Gasteiger partial charge is 0.225 e. The van der Waals surface area contributed by atoms with E-state index in [9.17, 15) is 0 Å². The van der Waals surface area contributed by atoms with Crippen LogP contribution in [0.5, 0.6) is 0 Å². The molecule has 0 saturated carbocycles. The molecule has 0 amide bonds. The molecule has 0 fully saturated rings. The molecule has 128 valence electrons. The molecule has 1 aromatic carbocycles. The second kappa shape index (κ2) is 8.44. The highest BCUT2D eigenvalue weighted by Gasteiger charge is 2.03. The van der Waals surface area contributed by atoms with Crippen LogP contribution in [0.2, 0.25) is 5.02 Å². The van der Waals surface area contributed by atoms with Crippen LogP contribution in [0.4, 0.5) is 11.8 Å². The van der Waals surface area contributed by atoms with Gasteiger partial charge in [-0.25, -0.2) is 4.98 Å². The van der Waals surface area contributed by atoms with Gasteiger partial charge in [0.1, 0.15) is 5.82 Å². The maximum Gasteiger partial charge on any atom is 0.225 e. The van der Waals surface area contributed by atoms with Crippen LogP contribution in [0, 0.1) is 6.92 Å². The lowest BCUT2D eigenvalue weighted by atomic mass is 10.1. The number of rotatable bonds is 7. The average Bonchev–Trinajstić information content (AvgIpc) is 2.62. The SMILES string of the molecule is Cc1cc(NCCc2ccc(Cl)cc2)nc(NCc2ccccn2)n1. The van der Waals surface area contributed by atoms with Gasteiger partial charge in [0, 0.05) is 29.5 Å². The molecule has 2 aromatic heterocycles. The number of anilines is 2. The van der Waals surface area contributed by atoms with E-state index in [1.165, 1.54) is 5.56 Å². The monoisotopic (exact) mass is 353 g/mol. The molecule has 0 bridgehead atoms. The Bertz CT molecular complexity index is 806. The van der Waals surface area contributed by atoms with E-state index < -0.39 is 0 Å². The van der Waals surface area contributed by atoms with E-state index in [1.807, 2.05) is 55.5 Å². The Morgan fingerprint density at radius 3 is 2.60 bits per heavy atom. The Kier molecular flexibility index (Phi) is 5.80. The summed E-state index contributed by atoms with van der Waals surface area (Å²) < 4.78 is 0. The van der Waals surface area contributed by atoms with Crippen molar-refractivity contribution in [3.63, 3.8) is 0 Å². The summed E-state index contributed by atoms with van der Waals surface area (Å²) >= 11 is 5.91. The van der Waals surface area contributed by atoms with Gasteiger partial charge in [-0.2, -0.15) is 4.98 Å². The zero-order valence-electron chi connectivity index (χ0n) is 14.0. The second-order valence-corrected chi connectivity index (χ2v) is 6.13. The summed E-state index contributed by atoms with van der Waals surface area (Å²) in [5.74, 6) is 1.41. The number of benzene rings is 1. The Morgan fingerprint density at radius 1 is 1.00 bits per heavy atom.